The smallest absolute Gasteiger partial charge is 0.350 e. The molecule has 3 nitrogen and oxygen atoms in total. The van der Waals surface area contributed by atoms with Crippen molar-refractivity contribution in [2.24, 2.45) is 7.05 Å². The number of aldehydes is 1. The van der Waals surface area contributed by atoms with Gasteiger partial charge in [-0.05, 0) is 18.2 Å². The van der Waals surface area contributed by atoms with E-state index in [-0.39, 0.29) is 10.9 Å². The molecule has 0 N–H and O–H groups in total. The average molecular weight is 255 g/mol. The van der Waals surface area contributed by atoms with Crippen molar-refractivity contribution in [1.82, 2.24) is 4.57 Å². The van der Waals surface area contributed by atoms with E-state index < -0.39 is 17.2 Å². The van der Waals surface area contributed by atoms with E-state index in [4.69, 9.17) is 0 Å². The summed E-state index contributed by atoms with van der Waals surface area (Å²) in [6.07, 6.45) is -2.89. The Morgan fingerprint density at radius 3 is 2.50 bits per heavy atom. The molecule has 0 amide bonds. The minimum Gasteiger partial charge on any atom is -0.350 e. The topological polar surface area (TPSA) is 39.1 Å². The fourth-order valence-electron chi connectivity index (χ4n) is 1.78. The number of hydrogen-bond donors (Lipinski definition) is 0. The molecule has 6 heteroatoms. The summed E-state index contributed by atoms with van der Waals surface area (Å²) in [4.78, 5) is 22.4. The molecule has 0 unspecified atom stereocenters. The van der Waals surface area contributed by atoms with Crippen molar-refractivity contribution >= 4 is 17.2 Å². The van der Waals surface area contributed by atoms with Crippen LogP contribution in [0.2, 0.25) is 0 Å². The van der Waals surface area contributed by atoms with Gasteiger partial charge in [0, 0.05) is 18.6 Å². The van der Waals surface area contributed by atoms with Gasteiger partial charge in [-0.1, -0.05) is 0 Å². The molecule has 0 fully saturated rings. The maximum atomic E-state index is 12.6. The maximum Gasteiger partial charge on any atom is 0.416 e. The number of aromatic nitrogens is 1. The number of pyridine rings is 1. The lowest BCUT2D eigenvalue weighted by Gasteiger charge is -2.10. The van der Waals surface area contributed by atoms with E-state index in [2.05, 4.69) is 0 Å². The standard InChI is InChI=1S/C12H8F3NO2/c1-16-5-7(6-17)11(18)9-4-8(12(13,14)15)2-3-10(9)16/h2-6H,1H3. The van der Waals surface area contributed by atoms with Crippen LogP contribution in [0, 0.1) is 0 Å². The molecule has 18 heavy (non-hydrogen) atoms. The molecule has 2 rings (SSSR count). The van der Waals surface area contributed by atoms with Crippen LogP contribution in [0.3, 0.4) is 0 Å². The fraction of sp³-hybridized carbons (Fsp3) is 0.167. The minimum absolute atomic E-state index is 0.114. The molecule has 1 heterocycles. The molecular formula is C12H8F3NO2. The van der Waals surface area contributed by atoms with Gasteiger partial charge in [0.15, 0.2) is 11.7 Å². The Bertz CT molecular complexity index is 686. The number of aryl methyl sites for hydroxylation is 1. The number of hydrogen-bond acceptors (Lipinski definition) is 2. The zero-order chi connectivity index (χ0) is 13.5. The van der Waals surface area contributed by atoms with Crippen molar-refractivity contribution in [3.05, 3.63) is 45.7 Å². The zero-order valence-corrected chi connectivity index (χ0v) is 9.28. The summed E-state index contributed by atoms with van der Waals surface area (Å²) in [5, 5.41) is -0.114. The number of halogens is 3. The zero-order valence-electron chi connectivity index (χ0n) is 9.28. The summed E-state index contributed by atoms with van der Waals surface area (Å²) in [6, 6.07) is 2.89. The van der Waals surface area contributed by atoms with E-state index in [1.165, 1.54) is 16.8 Å². The van der Waals surface area contributed by atoms with Crippen LogP contribution in [0.5, 0.6) is 0 Å². The average Bonchev–Trinajstić information content (AvgIpc) is 2.32. The quantitative estimate of drug-likeness (QED) is 0.734. The highest BCUT2D eigenvalue weighted by Crippen LogP contribution is 2.30. The summed E-state index contributed by atoms with van der Waals surface area (Å²) in [5.41, 5.74) is -1.41. The first kappa shape index (κ1) is 12.3. The van der Waals surface area contributed by atoms with Crippen LogP contribution in [-0.4, -0.2) is 10.9 Å². The second-order valence-corrected chi connectivity index (χ2v) is 3.87. The van der Waals surface area contributed by atoms with Crippen LogP contribution in [0.1, 0.15) is 15.9 Å². The number of nitrogens with zero attached hydrogens (tertiary/aromatic N) is 1. The molecule has 2 aromatic rings. The molecule has 0 atom stereocenters. The van der Waals surface area contributed by atoms with E-state index >= 15 is 0 Å². The summed E-state index contributed by atoms with van der Waals surface area (Å²) in [6.45, 7) is 0. The number of rotatable bonds is 1. The molecule has 1 aromatic carbocycles. The Morgan fingerprint density at radius 2 is 1.94 bits per heavy atom. The highest BCUT2D eigenvalue weighted by molar-refractivity contribution is 5.86. The Morgan fingerprint density at radius 1 is 1.28 bits per heavy atom. The van der Waals surface area contributed by atoms with Crippen molar-refractivity contribution in [3.63, 3.8) is 0 Å². The monoisotopic (exact) mass is 255 g/mol. The van der Waals surface area contributed by atoms with Gasteiger partial charge in [0.1, 0.15) is 0 Å². The molecule has 0 aliphatic rings. The molecule has 0 aliphatic heterocycles. The molecule has 0 spiro atoms. The van der Waals surface area contributed by atoms with Crippen LogP contribution >= 0.6 is 0 Å². The van der Waals surface area contributed by atoms with Crippen molar-refractivity contribution in [3.8, 4) is 0 Å². The van der Waals surface area contributed by atoms with Gasteiger partial charge in [0.2, 0.25) is 0 Å². The van der Waals surface area contributed by atoms with Gasteiger partial charge >= 0.3 is 6.18 Å². The van der Waals surface area contributed by atoms with Crippen LogP contribution < -0.4 is 5.43 Å². The maximum absolute atomic E-state index is 12.6. The second-order valence-electron chi connectivity index (χ2n) is 3.87. The summed E-state index contributed by atoms with van der Waals surface area (Å²) in [7, 11) is 1.56. The molecule has 1 aromatic heterocycles. The van der Waals surface area contributed by atoms with Gasteiger partial charge in [0.05, 0.1) is 16.6 Å². The van der Waals surface area contributed by atoms with Gasteiger partial charge in [0.25, 0.3) is 0 Å². The predicted octanol–water partition coefficient (Wildman–Crippen LogP) is 2.37. The number of carbonyl (C=O) groups is 1. The normalized spacial score (nSPS) is 11.8. The number of alkyl halides is 3. The van der Waals surface area contributed by atoms with E-state index in [9.17, 15) is 22.8 Å². The fourth-order valence-corrected chi connectivity index (χ4v) is 1.78. The Labute approximate surface area is 99.5 Å². The lowest BCUT2D eigenvalue weighted by atomic mass is 10.1. The van der Waals surface area contributed by atoms with E-state index in [1.54, 1.807) is 7.05 Å². The lowest BCUT2D eigenvalue weighted by Crippen LogP contribution is -2.14. The highest BCUT2D eigenvalue weighted by Gasteiger charge is 2.30. The van der Waals surface area contributed by atoms with Gasteiger partial charge < -0.3 is 4.57 Å². The van der Waals surface area contributed by atoms with Crippen LogP contribution in [0.4, 0.5) is 13.2 Å². The third-order valence-corrected chi connectivity index (χ3v) is 2.67. The van der Waals surface area contributed by atoms with E-state index in [0.717, 1.165) is 12.1 Å². The highest BCUT2D eigenvalue weighted by atomic mass is 19.4. The molecule has 0 saturated heterocycles. The number of benzene rings is 1. The van der Waals surface area contributed by atoms with Gasteiger partial charge in [-0.2, -0.15) is 13.2 Å². The van der Waals surface area contributed by atoms with E-state index in [1.807, 2.05) is 0 Å². The third kappa shape index (κ3) is 1.90. The minimum atomic E-state index is -4.52. The first-order chi connectivity index (χ1) is 8.34. The molecule has 94 valence electrons. The molecular weight excluding hydrogens is 247 g/mol. The van der Waals surface area contributed by atoms with Gasteiger partial charge in [-0.15, -0.1) is 0 Å². The summed E-state index contributed by atoms with van der Waals surface area (Å²) < 4.78 is 39.1. The lowest BCUT2D eigenvalue weighted by molar-refractivity contribution is -0.137. The Kier molecular flexibility index (Phi) is 2.73. The molecule has 0 bridgehead atoms. The second kappa shape index (κ2) is 3.97. The van der Waals surface area contributed by atoms with Crippen LogP contribution in [-0.2, 0) is 13.2 Å². The number of carbonyl (C=O) groups excluding carboxylic acids is 1. The van der Waals surface area contributed by atoms with Gasteiger partial charge in [-0.25, -0.2) is 0 Å². The van der Waals surface area contributed by atoms with Crippen LogP contribution in [0.15, 0.2) is 29.2 Å². The molecule has 0 radical (unpaired) electrons. The van der Waals surface area contributed by atoms with Crippen molar-refractivity contribution in [1.29, 1.82) is 0 Å². The SMILES string of the molecule is Cn1cc(C=O)c(=O)c2cc(C(F)(F)F)ccc21. The third-order valence-electron chi connectivity index (χ3n) is 2.67. The molecule has 0 aliphatic carbocycles. The first-order valence-corrected chi connectivity index (χ1v) is 5.00. The Balaban J connectivity index is 2.88. The Hall–Kier alpha value is -2.11. The van der Waals surface area contributed by atoms with E-state index in [0.29, 0.717) is 11.8 Å². The largest absolute Gasteiger partial charge is 0.416 e. The summed E-state index contributed by atoms with van der Waals surface area (Å²) in [5.74, 6) is 0. The first-order valence-electron chi connectivity index (χ1n) is 5.00. The summed E-state index contributed by atoms with van der Waals surface area (Å²) >= 11 is 0. The van der Waals surface area contributed by atoms with Crippen LogP contribution in [0.25, 0.3) is 10.9 Å². The number of fused-ring (bicyclic) bond motifs is 1. The van der Waals surface area contributed by atoms with Gasteiger partial charge in [-0.3, -0.25) is 9.59 Å². The predicted molar refractivity (Wildman–Crippen MR) is 59.6 cm³/mol. The van der Waals surface area contributed by atoms with Crippen molar-refractivity contribution in [2.75, 3.05) is 0 Å². The molecule has 0 saturated carbocycles. The van der Waals surface area contributed by atoms with Crippen molar-refractivity contribution in [2.45, 2.75) is 6.18 Å². The van der Waals surface area contributed by atoms with Crippen molar-refractivity contribution < 1.29 is 18.0 Å².